The first kappa shape index (κ1) is 23.0. The fraction of sp³-hybridized carbons (Fsp3) is 0.185. The first-order valence-corrected chi connectivity index (χ1v) is 11.7. The van der Waals surface area contributed by atoms with E-state index in [9.17, 15) is 9.59 Å². The number of amides is 1. The molecule has 1 aliphatic rings. The zero-order chi connectivity index (χ0) is 24.2. The van der Waals surface area contributed by atoms with Crippen molar-refractivity contribution in [1.29, 1.82) is 0 Å². The zero-order valence-corrected chi connectivity index (χ0v) is 19.7. The van der Waals surface area contributed by atoms with Gasteiger partial charge in [-0.25, -0.2) is 9.78 Å². The average molecular weight is 487 g/mol. The SMILES string of the molecule is O=C(COC(=O)c1c2c(nc3ccccc13)CCN(Cc1ccccc1)C2)Nc1ccc(Cl)cn1. The van der Waals surface area contributed by atoms with Gasteiger partial charge in [-0.1, -0.05) is 60.1 Å². The lowest BCUT2D eigenvalue weighted by Crippen LogP contribution is -2.32. The number of carbonyl (C=O) groups excluding carboxylic acids is 2. The highest BCUT2D eigenvalue weighted by molar-refractivity contribution is 6.30. The van der Waals surface area contributed by atoms with Crippen molar-refractivity contribution in [2.75, 3.05) is 18.5 Å². The van der Waals surface area contributed by atoms with Crippen LogP contribution in [-0.2, 0) is 29.0 Å². The van der Waals surface area contributed by atoms with Gasteiger partial charge in [-0.15, -0.1) is 0 Å². The predicted molar refractivity (Wildman–Crippen MR) is 134 cm³/mol. The van der Waals surface area contributed by atoms with Crippen LogP contribution < -0.4 is 5.32 Å². The van der Waals surface area contributed by atoms with Crippen LogP contribution in [0.25, 0.3) is 10.9 Å². The maximum absolute atomic E-state index is 13.3. The van der Waals surface area contributed by atoms with Gasteiger partial charge in [0.1, 0.15) is 5.82 Å². The molecule has 1 amide bonds. The lowest BCUT2D eigenvalue weighted by molar-refractivity contribution is -0.119. The fourth-order valence-corrected chi connectivity index (χ4v) is 4.40. The molecule has 176 valence electrons. The number of esters is 1. The molecule has 0 fully saturated rings. The molecule has 0 aliphatic carbocycles. The summed E-state index contributed by atoms with van der Waals surface area (Å²) in [6, 6.07) is 21.0. The number of ether oxygens (including phenoxy) is 1. The molecule has 3 heterocycles. The predicted octanol–water partition coefficient (Wildman–Crippen LogP) is 4.64. The molecule has 0 bridgehead atoms. The first-order valence-electron chi connectivity index (χ1n) is 11.3. The van der Waals surface area contributed by atoms with Crippen molar-refractivity contribution in [3.8, 4) is 0 Å². The Labute approximate surface area is 207 Å². The summed E-state index contributed by atoms with van der Waals surface area (Å²) < 4.78 is 5.46. The largest absolute Gasteiger partial charge is 0.452 e. The zero-order valence-electron chi connectivity index (χ0n) is 18.9. The Morgan fingerprint density at radius 2 is 1.83 bits per heavy atom. The van der Waals surface area contributed by atoms with Gasteiger partial charge in [-0.2, -0.15) is 0 Å². The van der Waals surface area contributed by atoms with E-state index in [1.54, 1.807) is 12.1 Å². The first-order chi connectivity index (χ1) is 17.1. The third-order valence-corrected chi connectivity index (χ3v) is 6.13. The molecule has 5 rings (SSSR count). The van der Waals surface area contributed by atoms with Gasteiger partial charge in [0.2, 0.25) is 0 Å². The number of nitrogens with zero attached hydrogens (tertiary/aromatic N) is 3. The van der Waals surface area contributed by atoms with Gasteiger partial charge in [0.15, 0.2) is 6.61 Å². The van der Waals surface area contributed by atoms with Crippen LogP contribution in [0.5, 0.6) is 0 Å². The Morgan fingerprint density at radius 1 is 1.03 bits per heavy atom. The van der Waals surface area contributed by atoms with E-state index in [2.05, 4.69) is 27.3 Å². The fourth-order valence-electron chi connectivity index (χ4n) is 4.29. The van der Waals surface area contributed by atoms with Crippen LogP contribution in [-0.4, -0.2) is 39.9 Å². The molecular formula is C27H23ClN4O3. The Bertz CT molecular complexity index is 1380. The Morgan fingerprint density at radius 3 is 2.63 bits per heavy atom. The van der Waals surface area contributed by atoms with Crippen LogP contribution in [0, 0.1) is 0 Å². The number of rotatable bonds is 6. The molecule has 1 N–H and O–H groups in total. The van der Waals surface area contributed by atoms with Gasteiger partial charge in [0, 0.05) is 48.9 Å². The van der Waals surface area contributed by atoms with E-state index in [1.165, 1.54) is 11.8 Å². The van der Waals surface area contributed by atoms with Crippen molar-refractivity contribution in [2.24, 2.45) is 0 Å². The Balaban J connectivity index is 1.37. The van der Waals surface area contributed by atoms with E-state index in [-0.39, 0.29) is 0 Å². The van der Waals surface area contributed by atoms with Gasteiger partial charge in [0.05, 0.1) is 16.1 Å². The number of aromatic nitrogens is 2. The second-order valence-corrected chi connectivity index (χ2v) is 8.80. The quantitative estimate of drug-likeness (QED) is 0.400. The number of hydrogen-bond acceptors (Lipinski definition) is 6. The van der Waals surface area contributed by atoms with Crippen LogP contribution in [0.15, 0.2) is 72.9 Å². The molecule has 0 saturated carbocycles. The second kappa shape index (κ2) is 10.2. The number of pyridine rings is 2. The maximum Gasteiger partial charge on any atom is 0.339 e. The van der Waals surface area contributed by atoms with E-state index < -0.39 is 18.5 Å². The highest BCUT2D eigenvalue weighted by Crippen LogP contribution is 2.29. The van der Waals surface area contributed by atoms with Crippen molar-refractivity contribution < 1.29 is 14.3 Å². The molecule has 2 aromatic carbocycles. The summed E-state index contributed by atoms with van der Waals surface area (Å²) in [5.74, 6) is -0.689. The summed E-state index contributed by atoms with van der Waals surface area (Å²) in [6.07, 6.45) is 2.16. The maximum atomic E-state index is 13.3. The van der Waals surface area contributed by atoms with Crippen LogP contribution >= 0.6 is 11.6 Å². The Kier molecular flexibility index (Phi) is 6.70. The highest BCUT2D eigenvalue weighted by atomic mass is 35.5. The van der Waals surface area contributed by atoms with Crippen molar-refractivity contribution in [3.63, 3.8) is 0 Å². The van der Waals surface area contributed by atoms with Gasteiger partial charge < -0.3 is 10.1 Å². The summed E-state index contributed by atoms with van der Waals surface area (Å²) in [5.41, 5.74) is 4.18. The monoisotopic (exact) mass is 486 g/mol. The van der Waals surface area contributed by atoms with Gasteiger partial charge >= 0.3 is 5.97 Å². The van der Waals surface area contributed by atoms with E-state index in [4.69, 9.17) is 21.3 Å². The molecule has 8 heteroatoms. The third-order valence-electron chi connectivity index (χ3n) is 5.91. The van der Waals surface area contributed by atoms with Crippen molar-refractivity contribution in [2.45, 2.75) is 19.5 Å². The van der Waals surface area contributed by atoms with E-state index in [1.807, 2.05) is 42.5 Å². The molecule has 0 spiro atoms. The summed E-state index contributed by atoms with van der Waals surface area (Å²) in [4.78, 5) is 36.8. The van der Waals surface area contributed by atoms with Crippen LogP contribution in [0.2, 0.25) is 5.02 Å². The second-order valence-electron chi connectivity index (χ2n) is 8.36. The molecule has 1 aliphatic heterocycles. The summed E-state index contributed by atoms with van der Waals surface area (Å²) in [7, 11) is 0. The van der Waals surface area contributed by atoms with Gasteiger partial charge in [-0.3, -0.25) is 14.7 Å². The number of benzene rings is 2. The molecule has 0 saturated heterocycles. The standard InChI is InChI=1S/C27H23ClN4O3/c28-19-10-11-24(29-14-19)31-25(33)17-35-27(34)26-20-8-4-5-9-22(20)30-23-12-13-32(16-21(23)26)15-18-6-2-1-3-7-18/h1-11,14H,12-13,15-17H2,(H,29,31,33). The molecule has 2 aromatic heterocycles. The third kappa shape index (κ3) is 5.31. The topological polar surface area (TPSA) is 84.4 Å². The van der Waals surface area contributed by atoms with E-state index in [0.717, 1.165) is 41.7 Å². The molecule has 0 atom stereocenters. The van der Waals surface area contributed by atoms with Crippen LogP contribution in [0.1, 0.15) is 27.2 Å². The highest BCUT2D eigenvalue weighted by Gasteiger charge is 2.27. The van der Waals surface area contributed by atoms with Gasteiger partial charge in [-0.05, 0) is 23.8 Å². The molecule has 4 aromatic rings. The number of carbonyl (C=O) groups is 2. The number of fused-ring (bicyclic) bond motifs is 2. The van der Waals surface area contributed by atoms with Gasteiger partial charge in [0.25, 0.3) is 5.91 Å². The van der Waals surface area contributed by atoms with Crippen molar-refractivity contribution >= 4 is 40.2 Å². The minimum atomic E-state index is -0.541. The van der Waals surface area contributed by atoms with E-state index >= 15 is 0 Å². The normalized spacial score (nSPS) is 13.3. The minimum Gasteiger partial charge on any atom is -0.452 e. The summed E-state index contributed by atoms with van der Waals surface area (Å²) >= 11 is 5.83. The Hall–Kier alpha value is -3.81. The van der Waals surface area contributed by atoms with Crippen LogP contribution in [0.3, 0.4) is 0 Å². The van der Waals surface area contributed by atoms with E-state index in [0.29, 0.717) is 22.9 Å². The van der Waals surface area contributed by atoms with Crippen molar-refractivity contribution in [3.05, 3.63) is 100 Å². The molecule has 7 nitrogen and oxygen atoms in total. The summed E-state index contributed by atoms with van der Waals surface area (Å²) in [6.45, 7) is 1.77. The molecule has 0 unspecified atom stereocenters. The molecular weight excluding hydrogens is 464 g/mol. The number of para-hydroxylation sites is 1. The lowest BCUT2D eigenvalue weighted by Gasteiger charge is -2.30. The lowest BCUT2D eigenvalue weighted by atomic mass is 9.95. The average Bonchev–Trinajstić information content (AvgIpc) is 2.88. The van der Waals surface area contributed by atoms with Crippen molar-refractivity contribution in [1.82, 2.24) is 14.9 Å². The minimum absolute atomic E-state index is 0.332. The number of halogens is 1. The number of anilines is 1. The summed E-state index contributed by atoms with van der Waals surface area (Å²) in [5, 5.41) is 3.79. The number of nitrogens with one attached hydrogen (secondary N) is 1. The number of hydrogen-bond donors (Lipinski definition) is 1. The smallest absolute Gasteiger partial charge is 0.339 e. The van der Waals surface area contributed by atoms with Crippen LogP contribution in [0.4, 0.5) is 5.82 Å². The molecule has 35 heavy (non-hydrogen) atoms. The molecule has 0 radical (unpaired) electrons.